The molecule has 0 bridgehead atoms. The fourth-order valence-electron chi connectivity index (χ4n) is 3.50. The molecule has 5 rings (SSSR count). The number of hydrogen-bond donors (Lipinski definition) is 5. The zero-order chi connectivity index (χ0) is 26.4. The molecule has 8 heteroatoms. The monoisotopic (exact) mass is 498 g/mol. The topological polar surface area (TPSA) is 140 Å². The van der Waals surface area contributed by atoms with Crippen LogP contribution >= 0.6 is 0 Å². The van der Waals surface area contributed by atoms with Crippen LogP contribution in [0.2, 0.25) is 0 Å². The summed E-state index contributed by atoms with van der Waals surface area (Å²) >= 11 is 0. The minimum atomic E-state index is -0.480. The largest absolute Gasteiger partial charge is 0.457 e. The quantitative estimate of drug-likeness (QED) is 0.178. The molecule has 0 aliphatic rings. The molecular weight excluding hydrogens is 468 g/mol. The number of ether oxygens (including phenoxy) is 2. The molecule has 5 aromatic rings. The van der Waals surface area contributed by atoms with Gasteiger partial charge in [0.05, 0.1) is 40.9 Å². The summed E-state index contributed by atoms with van der Waals surface area (Å²) < 4.78 is 11.4. The highest BCUT2D eigenvalue weighted by molar-refractivity contribution is 5.76. The lowest BCUT2D eigenvalue weighted by atomic mass is 10.1. The first kappa shape index (κ1) is 25.6. The van der Waals surface area contributed by atoms with Crippen molar-refractivity contribution in [3.05, 3.63) is 102 Å². The van der Waals surface area contributed by atoms with E-state index in [0.717, 1.165) is 33.7 Å². The van der Waals surface area contributed by atoms with Crippen molar-refractivity contribution in [1.82, 2.24) is 9.97 Å². The fraction of sp³-hybridized carbons (Fsp3) is 0.138. The van der Waals surface area contributed by atoms with Gasteiger partial charge in [0, 0.05) is 12.1 Å². The van der Waals surface area contributed by atoms with E-state index in [2.05, 4.69) is 9.97 Å². The SMILES string of the molecule is CC(O)c1ccc(Oc2ccc(N)c(N)c2)cc1.CC(O)c1ccc(Oc2ccc3nc[nH]c3c2)cc1. The molecule has 37 heavy (non-hydrogen) atoms. The van der Waals surface area contributed by atoms with Gasteiger partial charge >= 0.3 is 0 Å². The summed E-state index contributed by atoms with van der Waals surface area (Å²) in [6, 6.07) is 25.5. The van der Waals surface area contributed by atoms with Crippen molar-refractivity contribution >= 4 is 22.4 Å². The minimum Gasteiger partial charge on any atom is -0.457 e. The van der Waals surface area contributed by atoms with Crippen LogP contribution in [0.25, 0.3) is 11.0 Å². The first-order valence-electron chi connectivity index (χ1n) is 11.8. The number of aromatic nitrogens is 2. The normalized spacial score (nSPS) is 12.3. The van der Waals surface area contributed by atoms with Crippen molar-refractivity contribution in [3.63, 3.8) is 0 Å². The van der Waals surface area contributed by atoms with Gasteiger partial charge in [0.25, 0.3) is 0 Å². The second kappa shape index (κ2) is 11.5. The maximum Gasteiger partial charge on any atom is 0.129 e. The van der Waals surface area contributed by atoms with Crippen LogP contribution in [0.1, 0.15) is 37.2 Å². The average Bonchev–Trinajstić information content (AvgIpc) is 3.35. The predicted molar refractivity (Wildman–Crippen MR) is 146 cm³/mol. The number of nitrogens with two attached hydrogens (primary N) is 2. The summed E-state index contributed by atoms with van der Waals surface area (Å²) in [5, 5.41) is 18.8. The molecule has 0 saturated heterocycles. The molecule has 0 saturated carbocycles. The lowest BCUT2D eigenvalue weighted by Gasteiger charge is -2.09. The number of anilines is 2. The van der Waals surface area contributed by atoms with Gasteiger partial charge in [-0.1, -0.05) is 24.3 Å². The molecule has 0 spiro atoms. The zero-order valence-corrected chi connectivity index (χ0v) is 20.6. The number of nitrogens with zero attached hydrogens (tertiary/aromatic N) is 1. The van der Waals surface area contributed by atoms with Crippen LogP contribution < -0.4 is 20.9 Å². The Bertz CT molecular complexity index is 1450. The van der Waals surface area contributed by atoms with Gasteiger partial charge < -0.3 is 36.1 Å². The second-order valence-electron chi connectivity index (χ2n) is 8.57. The molecule has 1 aromatic heterocycles. The zero-order valence-electron chi connectivity index (χ0n) is 20.6. The molecule has 4 aromatic carbocycles. The number of rotatable bonds is 6. The summed E-state index contributed by atoms with van der Waals surface area (Å²) in [4.78, 5) is 7.20. The van der Waals surface area contributed by atoms with E-state index in [9.17, 15) is 10.2 Å². The molecule has 0 radical (unpaired) electrons. The van der Waals surface area contributed by atoms with E-state index in [-0.39, 0.29) is 0 Å². The molecular formula is C29H30N4O4. The van der Waals surface area contributed by atoms with Gasteiger partial charge in [0.1, 0.15) is 23.0 Å². The third kappa shape index (κ3) is 6.78. The molecule has 1 heterocycles. The summed E-state index contributed by atoms with van der Waals surface area (Å²) in [5.41, 5.74) is 15.9. The summed E-state index contributed by atoms with van der Waals surface area (Å²) in [7, 11) is 0. The lowest BCUT2D eigenvalue weighted by Crippen LogP contribution is -1.95. The van der Waals surface area contributed by atoms with Crippen molar-refractivity contribution in [2.45, 2.75) is 26.1 Å². The van der Waals surface area contributed by atoms with Crippen LogP contribution in [-0.4, -0.2) is 20.2 Å². The molecule has 0 fully saturated rings. The molecule has 7 N–H and O–H groups in total. The summed E-state index contributed by atoms with van der Waals surface area (Å²) in [6.07, 6.45) is 0.716. The molecule has 190 valence electrons. The highest BCUT2D eigenvalue weighted by atomic mass is 16.5. The molecule has 2 atom stereocenters. The standard InChI is InChI=1S/C15H14N2O2.C14H16N2O2/c1-10(18)11-2-4-12(5-3-11)19-13-6-7-14-15(8-13)17-9-16-14;1-9(17)10-2-4-11(5-3-10)18-12-6-7-13(15)14(16)8-12/h2-10,18H,1H3,(H,16,17);2-9,17H,15-16H2,1H3. The van der Waals surface area contributed by atoms with Crippen molar-refractivity contribution in [1.29, 1.82) is 0 Å². The Morgan fingerprint density at radius 3 is 1.65 bits per heavy atom. The van der Waals surface area contributed by atoms with E-state index in [0.29, 0.717) is 22.9 Å². The van der Waals surface area contributed by atoms with Gasteiger partial charge in [-0.15, -0.1) is 0 Å². The van der Waals surface area contributed by atoms with Crippen LogP contribution in [0.5, 0.6) is 23.0 Å². The number of nitrogen functional groups attached to an aromatic ring is 2. The molecule has 0 aliphatic carbocycles. The fourth-order valence-corrected chi connectivity index (χ4v) is 3.50. The van der Waals surface area contributed by atoms with E-state index < -0.39 is 12.2 Å². The van der Waals surface area contributed by atoms with Gasteiger partial charge in [-0.05, 0) is 73.5 Å². The van der Waals surface area contributed by atoms with Crippen LogP contribution in [-0.2, 0) is 0 Å². The molecule has 8 nitrogen and oxygen atoms in total. The number of H-pyrrole nitrogens is 1. The number of hydrogen-bond acceptors (Lipinski definition) is 7. The van der Waals surface area contributed by atoms with Gasteiger partial charge in [-0.3, -0.25) is 0 Å². The number of aliphatic hydroxyl groups excluding tert-OH is 2. The first-order chi connectivity index (χ1) is 17.8. The van der Waals surface area contributed by atoms with Gasteiger partial charge in [-0.25, -0.2) is 4.98 Å². The number of imidazole rings is 1. The average molecular weight is 499 g/mol. The van der Waals surface area contributed by atoms with Crippen molar-refractivity contribution < 1.29 is 19.7 Å². The van der Waals surface area contributed by atoms with Crippen LogP contribution in [0.3, 0.4) is 0 Å². The van der Waals surface area contributed by atoms with E-state index in [4.69, 9.17) is 20.9 Å². The Morgan fingerprint density at radius 1 is 0.649 bits per heavy atom. The summed E-state index contributed by atoms with van der Waals surface area (Å²) in [6.45, 7) is 3.46. The Labute approximate surface area is 215 Å². The maximum atomic E-state index is 9.45. The number of fused-ring (bicyclic) bond motifs is 1. The third-order valence-corrected chi connectivity index (χ3v) is 5.65. The number of benzene rings is 4. The third-order valence-electron chi connectivity index (χ3n) is 5.65. The smallest absolute Gasteiger partial charge is 0.129 e. The Balaban J connectivity index is 0.000000173. The Hall–Kier alpha value is -4.53. The van der Waals surface area contributed by atoms with Crippen LogP contribution in [0.4, 0.5) is 11.4 Å². The van der Waals surface area contributed by atoms with Crippen molar-refractivity contribution in [3.8, 4) is 23.0 Å². The van der Waals surface area contributed by atoms with Crippen LogP contribution in [0, 0.1) is 0 Å². The van der Waals surface area contributed by atoms with E-state index in [1.54, 1.807) is 50.5 Å². The second-order valence-corrected chi connectivity index (χ2v) is 8.57. The Kier molecular flexibility index (Phi) is 7.92. The maximum absolute atomic E-state index is 9.45. The van der Waals surface area contributed by atoms with Crippen LogP contribution in [0.15, 0.2) is 91.3 Å². The van der Waals surface area contributed by atoms with E-state index >= 15 is 0 Å². The number of nitrogens with one attached hydrogen (secondary N) is 1. The molecule has 2 unspecified atom stereocenters. The number of aliphatic hydroxyl groups is 2. The van der Waals surface area contributed by atoms with Gasteiger partial charge in [0.15, 0.2) is 0 Å². The van der Waals surface area contributed by atoms with E-state index in [1.165, 1.54) is 0 Å². The van der Waals surface area contributed by atoms with Gasteiger partial charge in [-0.2, -0.15) is 0 Å². The molecule has 0 amide bonds. The van der Waals surface area contributed by atoms with Gasteiger partial charge in [0.2, 0.25) is 0 Å². The highest BCUT2D eigenvalue weighted by Gasteiger charge is 2.04. The number of aromatic amines is 1. The first-order valence-corrected chi connectivity index (χ1v) is 11.8. The Morgan fingerprint density at radius 2 is 1.14 bits per heavy atom. The highest BCUT2D eigenvalue weighted by Crippen LogP contribution is 2.28. The van der Waals surface area contributed by atoms with Crippen molar-refractivity contribution in [2.75, 3.05) is 11.5 Å². The lowest BCUT2D eigenvalue weighted by molar-refractivity contribution is 0.199. The van der Waals surface area contributed by atoms with E-state index in [1.807, 2.05) is 54.6 Å². The predicted octanol–water partition coefficient (Wildman–Crippen LogP) is 6.11. The van der Waals surface area contributed by atoms with Crippen molar-refractivity contribution in [2.24, 2.45) is 0 Å². The minimum absolute atomic E-state index is 0.463. The summed E-state index contributed by atoms with van der Waals surface area (Å²) in [5.74, 6) is 2.81. The molecule has 0 aliphatic heterocycles.